The lowest BCUT2D eigenvalue weighted by Crippen LogP contribution is -2.35. The van der Waals surface area contributed by atoms with Crippen molar-refractivity contribution in [1.29, 1.82) is 0 Å². The van der Waals surface area contributed by atoms with E-state index in [9.17, 15) is 19.5 Å². The number of nitrogens with zero attached hydrogens (tertiary/aromatic N) is 1. The Morgan fingerprint density at radius 1 is 1.23 bits per heavy atom. The first-order valence-electron chi connectivity index (χ1n) is 6.39. The van der Waals surface area contributed by atoms with Gasteiger partial charge in [0.1, 0.15) is 11.4 Å². The lowest BCUT2D eigenvalue weighted by molar-refractivity contribution is -0.123. The maximum Gasteiger partial charge on any atom is 0.338 e. The summed E-state index contributed by atoms with van der Waals surface area (Å²) in [5, 5.41) is 11.4. The molecule has 0 bridgehead atoms. The molecule has 2 N–H and O–H groups in total. The smallest absolute Gasteiger partial charge is 0.338 e. The van der Waals surface area contributed by atoms with Gasteiger partial charge >= 0.3 is 5.97 Å². The van der Waals surface area contributed by atoms with E-state index in [0.29, 0.717) is 5.69 Å². The molecule has 22 heavy (non-hydrogen) atoms. The van der Waals surface area contributed by atoms with Gasteiger partial charge in [-0.15, -0.1) is 0 Å². The van der Waals surface area contributed by atoms with Gasteiger partial charge in [-0.3, -0.25) is 14.9 Å². The Morgan fingerprint density at radius 2 is 2.00 bits per heavy atom. The number of ether oxygens (including phenoxy) is 1. The van der Waals surface area contributed by atoms with Crippen molar-refractivity contribution < 1.29 is 24.2 Å². The number of hydrogen-bond donors (Lipinski definition) is 2. The molecule has 0 saturated heterocycles. The fraction of sp³-hybridized carbons (Fsp3) is 0.133. The summed E-state index contributed by atoms with van der Waals surface area (Å²) in [7, 11) is 1.67. The van der Waals surface area contributed by atoms with Crippen LogP contribution in [0.15, 0.2) is 42.6 Å². The number of benzene rings is 1. The van der Waals surface area contributed by atoms with Crippen LogP contribution in [0.3, 0.4) is 0 Å². The zero-order valence-corrected chi connectivity index (χ0v) is 11.8. The van der Waals surface area contributed by atoms with Gasteiger partial charge in [0.15, 0.2) is 6.61 Å². The van der Waals surface area contributed by atoms with Gasteiger partial charge in [-0.1, -0.05) is 6.07 Å². The van der Waals surface area contributed by atoms with Crippen LogP contribution >= 0.6 is 0 Å². The number of carbonyl (C=O) groups excluding carboxylic acids is 3. The minimum atomic E-state index is -0.766. The Morgan fingerprint density at radius 3 is 2.64 bits per heavy atom. The Hall–Kier alpha value is -3.09. The molecule has 0 fully saturated rings. The molecule has 0 unspecified atom stereocenters. The van der Waals surface area contributed by atoms with Crippen molar-refractivity contribution >= 4 is 17.8 Å². The molecule has 0 aliphatic heterocycles. The second-order valence-corrected chi connectivity index (χ2v) is 4.51. The molecule has 1 heterocycles. The van der Waals surface area contributed by atoms with E-state index in [4.69, 9.17) is 4.74 Å². The first kappa shape index (κ1) is 15.3. The van der Waals surface area contributed by atoms with Crippen molar-refractivity contribution in [3.05, 3.63) is 53.9 Å². The van der Waals surface area contributed by atoms with Gasteiger partial charge < -0.3 is 14.4 Å². The Balaban J connectivity index is 1.87. The van der Waals surface area contributed by atoms with Crippen molar-refractivity contribution in [2.75, 3.05) is 6.61 Å². The summed E-state index contributed by atoms with van der Waals surface area (Å²) in [6.07, 6.45) is 1.67. The number of phenolic OH excluding ortho intramolecular Hbond substituents is 1. The maximum absolute atomic E-state index is 11.8. The van der Waals surface area contributed by atoms with Crippen molar-refractivity contribution in [2.45, 2.75) is 0 Å². The van der Waals surface area contributed by atoms with Crippen LogP contribution in [0, 0.1) is 0 Å². The molecule has 0 aliphatic rings. The summed E-state index contributed by atoms with van der Waals surface area (Å²) >= 11 is 0. The molecular formula is C15H14N2O5. The quantitative estimate of drug-likeness (QED) is 0.816. The Labute approximate surface area is 126 Å². The van der Waals surface area contributed by atoms with E-state index in [1.54, 1.807) is 29.9 Å². The second kappa shape index (κ2) is 6.57. The highest BCUT2D eigenvalue weighted by Crippen LogP contribution is 2.11. The van der Waals surface area contributed by atoms with Crippen LogP contribution in [-0.4, -0.2) is 34.1 Å². The van der Waals surface area contributed by atoms with E-state index in [1.807, 2.05) is 0 Å². The number of amides is 2. The molecule has 2 rings (SSSR count). The minimum Gasteiger partial charge on any atom is -0.508 e. The van der Waals surface area contributed by atoms with Crippen LogP contribution in [-0.2, 0) is 16.6 Å². The number of aromatic hydroxyl groups is 1. The number of carbonyl (C=O) groups is 3. The van der Waals surface area contributed by atoms with E-state index in [0.717, 1.165) is 0 Å². The maximum atomic E-state index is 11.8. The third kappa shape index (κ3) is 3.72. The predicted molar refractivity (Wildman–Crippen MR) is 76.3 cm³/mol. The van der Waals surface area contributed by atoms with Crippen molar-refractivity contribution in [1.82, 2.24) is 9.88 Å². The molecule has 114 valence electrons. The Bertz CT molecular complexity index is 720. The number of phenols is 1. The summed E-state index contributed by atoms with van der Waals surface area (Å²) in [5.41, 5.74) is 0.425. The molecule has 0 atom stereocenters. The molecule has 0 saturated carbocycles. The molecule has 0 radical (unpaired) electrons. The van der Waals surface area contributed by atoms with Crippen LogP contribution in [0.25, 0.3) is 0 Å². The summed E-state index contributed by atoms with van der Waals surface area (Å²) in [4.78, 5) is 35.0. The van der Waals surface area contributed by atoms with Crippen molar-refractivity contribution in [3.8, 4) is 5.75 Å². The number of aryl methyl sites for hydroxylation is 1. The third-order valence-electron chi connectivity index (χ3n) is 2.85. The zero-order valence-electron chi connectivity index (χ0n) is 11.8. The number of imide groups is 1. The van der Waals surface area contributed by atoms with Crippen molar-refractivity contribution in [2.24, 2.45) is 7.05 Å². The summed E-state index contributed by atoms with van der Waals surface area (Å²) in [6.45, 7) is -0.593. The zero-order chi connectivity index (χ0) is 16.1. The van der Waals surface area contributed by atoms with Gasteiger partial charge in [0, 0.05) is 13.2 Å². The summed E-state index contributed by atoms with van der Waals surface area (Å²) in [5.74, 6) is -2.17. The predicted octanol–water partition coefficient (Wildman–Crippen LogP) is 0.844. The van der Waals surface area contributed by atoms with Crippen LogP contribution in [0.4, 0.5) is 0 Å². The highest BCUT2D eigenvalue weighted by atomic mass is 16.5. The molecule has 2 aromatic rings. The van der Waals surface area contributed by atoms with E-state index < -0.39 is 24.4 Å². The van der Waals surface area contributed by atoms with Crippen molar-refractivity contribution in [3.63, 3.8) is 0 Å². The second-order valence-electron chi connectivity index (χ2n) is 4.51. The average molecular weight is 302 g/mol. The van der Waals surface area contributed by atoms with E-state index in [2.05, 4.69) is 5.32 Å². The first-order valence-corrected chi connectivity index (χ1v) is 6.39. The molecule has 1 aromatic carbocycles. The van der Waals surface area contributed by atoms with Crippen LogP contribution in [0.1, 0.15) is 20.8 Å². The van der Waals surface area contributed by atoms with Gasteiger partial charge in [0.05, 0.1) is 5.56 Å². The molecule has 7 nitrogen and oxygen atoms in total. The number of aromatic nitrogens is 1. The Kier molecular flexibility index (Phi) is 4.57. The van der Waals surface area contributed by atoms with Gasteiger partial charge in [-0.25, -0.2) is 4.79 Å². The largest absolute Gasteiger partial charge is 0.508 e. The highest BCUT2D eigenvalue weighted by Gasteiger charge is 2.15. The molecular weight excluding hydrogens is 288 g/mol. The minimum absolute atomic E-state index is 0.0854. The lowest BCUT2D eigenvalue weighted by Gasteiger charge is -2.06. The number of hydrogen-bond acceptors (Lipinski definition) is 5. The number of esters is 1. The van der Waals surface area contributed by atoms with Crippen LogP contribution in [0.5, 0.6) is 5.75 Å². The lowest BCUT2D eigenvalue weighted by atomic mass is 10.2. The average Bonchev–Trinajstić information content (AvgIpc) is 2.91. The third-order valence-corrected chi connectivity index (χ3v) is 2.85. The van der Waals surface area contributed by atoms with Gasteiger partial charge in [-0.05, 0) is 30.3 Å². The fourth-order valence-electron chi connectivity index (χ4n) is 1.77. The van der Waals surface area contributed by atoms with Gasteiger partial charge in [0.2, 0.25) is 0 Å². The standard InChI is InChI=1S/C15H14N2O5/c1-17-7-3-6-12(17)14(20)16-13(19)9-22-15(21)10-4-2-5-11(18)8-10/h2-8,18H,9H2,1H3,(H,16,19,20). The van der Waals surface area contributed by atoms with Crippen LogP contribution in [0.2, 0.25) is 0 Å². The van der Waals surface area contributed by atoms with Gasteiger partial charge in [0.25, 0.3) is 11.8 Å². The monoisotopic (exact) mass is 302 g/mol. The molecule has 7 heteroatoms. The summed E-state index contributed by atoms with van der Waals surface area (Å²) in [6, 6.07) is 8.76. The van der Waals surface area contributed by atoms with E-state index in [1.165, 1.54) is 24.3 Å². The van der Waals surface area contributed by atoms with Crippen LogP contribution < -0.4 is 5.32 Å². The number of rotatable bonds is 4. The topological polar surface area (TPSA) is 97.6 Å². The SMILES string of the molecule is Cn1cccc1C(=O)NC(=O)COC(=O)c1cccc(O)c1. The normalized spacial score (nSPS) is 10.0. The fourth-order valence-corrected chi connectivity index (χ4v) is 1.77. The first-order chi connectivity index (χ1) is 10.5. The van der Waals surface area contributed by atoms with E-state index >= 15 is 0 Å². The highest BCUT2D eigenvalue weighted by molar-refractivity contribution is 6.04. The number of nitrogens with one attached hydrogen (secondary N) is 1. The van der Waals surface area contributed by atoms with E-state index in [-0.39, 0.29) is 11.3 Å². The molecule has 2 amide bonds. The summed E-state index contributed by atoms with van der Waals surface area (Å²) < 4.78 is 6.33. The molecule has 0 spiro atoms. The molecule has 1 aromatic heterocycles. The van der Waals surface area contributed by atoms with Gasteiger partial charge in [-0.2, -0.15) is 0 Å². The molecule has 0 aliphatic carbocycles.